The molecule has 1 aliphatic rings. The van der Waals surface area contributed by atoms with Crippen LogP contribution >= 0.6 is 11.3 Å². The first-order valence-corrected chi connectivity index (χ1v) is 14.6. The fourth-order valence-electron chi connectivity index (χ4n) is 5.01. The number of benzene rings is 2. The van der Waals surface area contributed by atoms with Crippen LogP contribution in [0.3, 0.4) is 0 Å². The second kappa shape index (κ2) is 12.7. The highest BCUT2D eigenvalue weighted by molar-refractivity contribution is 7.21. The molecule has 5 aromatic rings. The van der Waals surface area contributed by atoms with E-state index < -0.39 is 0 Å². The van der Waals surface area contributed by atoms with Gasteiger partial charge in [0.2, 0.25) is 0 Å². The minimum absolute atomic E-state index is 0.265. The van der Waals surface area contributed by atoms with E-state index >= 15 is 0 Å². The summed E-state index contributed by atoms with van der Waals surface area (Å²) in [6.07, 6.45) is 1.96. The van der Waals surface area contributed by atoms with Gasteiger partial charge < -0.3 is 10.1 Å². The van der Waals surface area contributed by atoms with Crippen molar-refractivity contribution >= 4 is 33.3 Å². The van der Waals surface area contributed by atoms with E-state index in [4.69, 9.17) is 14.7 Å². The molecule has 9 heteroatoms. The van der Waals surface area contributed by atoms with Gasteiger partial charge in [-0.1, -0.05) is 59.9 Å². The molecule has 208 valence electrons. The molecule has 0 radical (unpaired) electrons. The normalized spacial score (nSPS) is 14.4. The third-order valence-corrected chi connectivity index (χ3v) is 8.26. The van der Waals surface area contributed by atoms with Gasteiger partial charge in [0.15, 0.2) is 0 Å². The van der Waals surface area contributed by atoms with E-state index in [9.17, 15) is 4.79 Å². The quantitative estimate of drug-likeness (QED) is 0.255. The Hall–Kier alpha value is -4.02. The number of methoxy groups -OCH3 is 1. The van der Waals surface area contributed by atoms with Crippen molar-refractivity contribution in [2.75, 3.05) is 51.8 Å². The van der Waals surface area contributed by atoms with Crippen molar-refractivity contribution in [2.24, 2.45) is 0 Å². The highest BCUT2D eigenvalue weighted by Gasteiger charge is 2.18. The largest absolute Gasteiger partial charge is 0.383 e. The Morgan fingerprint density at radius 2 is 1.71 bits per heavy atom. The smallest absolute Gasteiger partial charge is 0.274 e. The molecular formula is C32H32N6O2S. The molecule has 1 amide bonds. The molecule has 2 aromatic carbocycles. The van der Waals surface area contributed by atoms with Crippen LogP contribution in [-0.2, 0) is 11.3 Å². The van der Waals surface area contributed by atoms with E-state index in [2.05, 4.69) is 26.2 Å². The van der Waals surface area contributed by atoms with Crippen LogP contribution in [0, 0.1) is 0 Å². The second-order valence-corrected chi connectivity index (χ2v) is 11.0. The minimum atomic E-state index is -0.265. The van der Waals surface area contributed by atoms with Crippen molar-refractivity contribution in [2.45, 2.75) is 6.54 Å². The molecule has 1 aliphatic heterocycles. The van der Waals surface area contributed by atoms with Crippen LogP contribution in [0.25, 0.3) is 32.2 Å². The zero-order valence-corrected chi connectivity index (χ0v) is 23.8. The number of carbonyl (C=O) groups is 1. The molecule has 0 unspecified atom stereocenters. The Morgan fingerprint density at radius 3 is 2.54 bits per heavy atom. The van der Waals surface area contributed by atoms with Gasteiger partial charge in [-0.05, 0) is 35.9 Å². The highest BCUT2D eigenvalue weighted by atomic mass is 32.1. The van der Waals surface area contributed by atoms with Crippen LogP contribution in [-0.4, -0.2) is 77.1 Å². The molecule has 1 fully saturated rings. The van der Waals surface area contributed by atoms with Crippen molar-refractivity contribution in [3.63, 3.8) is 0 Å². The summed E-state index contributed by atoms with van der Waals surface area (Å²) in [6.45, 7) is 6.77. The molecule has 1 saturated heterocycles. The number of thiazole rings is 1. The van der Waals surface area contributed by atoms with Gasteiger partial charge in [0.25, 0.3) is 5.91 Å². The van der Waals surface area contributed by atoms with Gasteiger partial charge in [-0.3, -0.25) is 14.6 Å². The molecule has 0 bridgehead atoms. The molecule has 0 spiro atoms. The van der Waals surface area contributed by atoms with E-state index in [-0.39, 0.29) is 5.91 Å². The van der Waals surface area contributed by atoms with Crippen molar-refractivity contribution in [1.82, 2.24) is 24.8 Å². The predicted octanol–water partition coefficient (Wildman–Crippen LogP) is 5.44. The molecule has 8 nitrogen and oxygen atoms in total. The first kappa shape index (κ1) is 27.2. The molecule has 0 atom stereocenters. The maximum atomic E-state index is 13.2. The molecular weight excluding hydrogens is 532 g/mol. The summed E-state index contributed by atoms with van der Waals surface area (Å²) in [5, 5.41) is 3.87. The number of nitrogens with one attached hydrogen (secondary N) is 1. The lowest BCUT2D eigenvalue weighted by atomic mass is 10.1. The predicted molar refractivity (Wildman–Crippen MR) is 164 cm³/mol. The van der Waals surface area contributed by atoms with Crippen LogP contribution < -0.4 is 5.32 Å². The van der Waals surface area contributed by atoms with E-state index in [1.54, 1.807) is 13.2 Å². The molecule has 41 heavy (non-hydrogen) atoms. The van der Waals surface area contributed by atoms with Gasteiger partial charge in [-0.2, -0.15) is 0 Å². The number of aromatic nitrogens is 3. The fraction of sp³-hybridized carbons (Fsp3) is 0.250. The van der Waals surface area contributed by atoms with Crippen LogP contribution in [0.1, 0.15) is 16.1 Å². The van der Waals surface area contributed by atoms with Crippen LogP contribution in [0.4, 0.5) is 5.69 Å². The zero-order chi connectivity index (χ0) is 28.0. The van der Waals surface area contributed by atoms with Gasteiger partial charge in [0, 0.05) is 63.7 Å². The Kier molecular flexibility index (Phi) is 8.39. The van der Waals surface area contributed by atoms with E-state index in [1.165, 1.54) is 11.3 Å². The van der Waals surface area contributed by atoms with E-state index in [0.29, 0.717) is 11.4 Å². The summed E-state index contributed by atoms with van der Waals surface area (Å²) in [6, 6.07) is 25.2. The molecule has 6 rings (SSSR count). The van der Waals surface area contributed by atoms with Crippen LogP contribution in [0.5, 0.6) is 0 Å². The number of hydrogen-bond donors (Lipinski definition) is 1. The lowest BCUT2D eigenvalue weighted by Crippen LogP contribution is -2.46. The molecule has 0 saturated carbocycles. The first-order valence-electron chi connectivity index (χ1n) is 13.8. The second-order valence-electron chi connectivity index (χ2n) is 10.1. The van der Waals surface area contributed by atoms with Crippen molar-refractivity contribution < 1.29 is 9.53 Å². The third-order valence-electron chi connectivity index (χ3n) is 7.24. The number of ether oxygens (including phenoxy) is 1. The first-order chi connectivity index (χ1) is 20.2. The number of hydrogen-bond acceptors (Lipinski definition) is 8. The zero-order valence-electron chi connectivity index (χ0n) is 23.0. The lowest BCUT2D eigenvalue weighted by Gasteiger charge is -2.34. The SMILES string of the molecule is COCCN1CCN(Cc2cnc3sc(-c4ccccc4NC(=O)c4cccc(-c5ccccc5)n4)nc3c2)CC1. The Balaban J connectivity index is 1.17. The van der Waals surface area contributed by atoms with Gasteiger partial charge in [0.1, 0.15) is 21.0 Å². The summed E-state index contributed by atoms with van der Waals surface area (Å²) in [5.74, 6) is -0.265. The third kappa shape index (κ3) is 6.49. The maximum Gasteiger partial charge on any atom is 0.274 e. The average molecular weight is 565 g/mol. The van der Waals surface area contributed by atoms with Crippen molar-refractivity contribution in [3.05, 3.63) is 96.3 Å². The standard InChI is InChI=1S/C32H32N6O2S/c1-40-19-18-37-14-16-38(17-15-37)22-23-20-29-32(33-21-23)41-31(36-29)25-10-5-6-11-27(25)35-30(39)28-13-7-12-26(34-28)24-8-3-2-4-9-24/h2-13,20-21H,14-19,22H2,1H3,(H,35,39). The molecule has 4 heterocycles. The molecule has 1 N–H and O–H groups in total. The number of pyridine rings is 2. The van der Waals surface area contributed by atoms with Gasteiger partial charge in [-0.25, -0.2) is 15.0 Å². The number of para-hydroxylation sites is 1. The average Bonchev–Trinajstić information content (AvgIpc) is 3.45. The summed E-state index contributed by atoms with van der Waals surface area (Å²) in [4.78, 5) is 33.3. The van der Waals surface area contributed by atoms with Crippen molar-refractivity contribution in [3.8, 4) is 21.8 Å². The Bertz CT molecular complexity index is 1630. The number of fused-ring (bicyclic) bond motifs is 1. The van der Waals surface area contributed by atoms with Gasteiger partial charge in [-0.15, -0.1) is 0 Å². The summed E-state index contributed by atoms with van der Waals surface area (Å²) in [5.41, 5.74) is 5.66. The molecule has 0 aliphatic carbocycles. The molecule has 3 aromatic heterocycles. The summed E-state index contributed by atoms with van der Waals surface area (Å²) >= 11 is 1.53. The number of piperazine rings is 1. The summed E-state index contributed by atoms with van der Waals surface area (Å²) < 4.78 is 5.21. The Morgan fingerprint density at radius 1 is 0.927 bits per heavy atom. The monoisotopic (exact) mass is 564 g/mol. The number of nitrogens with zero attached hydrogens (tertiary/aromatic N) is 5. The highest BCUT2D eigenvalue weighted by Crippen LogP contribution is 2.34. The minimum Gasteiger partial charge on any atom is -0.383 e. The lowest BCUT2D eigenvalue weighted by molar-refractivity contribution is 0.0938. The number of carbonyl (C=O) groups excluding carboxylic acids is 1. The van der Waals surface area contributed by atoms with Gasteiger partial charge >= 0.3 is 0 Å². The Labute approximate surface area is 243 Å². The van der Waals surface area contributed by atoms with Crippen LogP contribution in [0.15, 0.2) is 85.1 Å². The number of anilines is 1. The van der Waals surface area contributed by atoms with E-state index in [0.717, 1.165) is 83.6 Å². The number of amides is 1. The fourth-order valence-corrected chi connectivity index (χ4v) is 5.94. The number of rotatable bonds is 9. The summed E-state index contributed by atoms with van der Waals surface area (Å²) in [7, 11) is 1.75. The van der Waals surface area contributed by atoms with E-state index in [1.807, 2.05) is 72.9 Å². The topological polar surface area (TPSA) is 83.5 Å². The van der Waals surface area contributed by atoms with Crippen molar-refractivity contribution in [1.29, 1.82) is 0 Å². The van der Waals surface area contributed by atoms with Gasteiger partial charge in [0.05, 0.1) is 18.0 Å². The van der Waals surface area contributed by atoms with Crippen LogP contribution in [0.2, 0.25) is 0 Å². The maximum absolute atomic E-state index is 13.2.